The van der Waals surface area contributed by atoms with Crippen LogP contribution >= 0.6 is 0 Å². The van der Waals surface area contributed by atoms with Crippen molar-refractivity contribution in [1.82, 2.24) is 4.98 Å². The van der Waals surface area contributed by atoms with Crippen LogP contribution in [0.15, 0.2) is 6.20 Å². The molecule has 19 heavy (non-hydrogen) atoms. The number of alkyl halides is 6. The van der Waals surface area contributed by atoms with Crippen molar-refractivity contribution in [2.75, 3.05) is 7.11 Å². The van der Waals surface area contributed by atoms with E-state index in [0.29, 0.717) is 0 Å². The van der Waals surface area contributed by atoms with Crippen LogP contribution in [0.25, 0.3) is 0 Å². The first kappa shape index (κ1) is 15.1. The zero-order chi connectivity index (χ0) is 14.8. The molecule has 106 valence electrons. The molecule has 1 rings (SSSR count). The second-order valence-corrected chi connectivity index (χ2v) is 3.09. The molecule has 0 fully saturated rings. The van der Waals surface area contributed by atoms with E-state index in [1.807, 2.05) is 0 Å². The normalized spacial score (nSPS) is 12.2. The maximum atomic E-state index is 12.5. The molecule has 0 amide bonds. The number of rotatable bonds is 3. The van der Waals surface area contributed by atoms with Gasteiger partial charge in [-0.15, -0.1) is 13.2 Å². The minimum Gasteiger partial charge on any atom is -0.495 e. The Morgan fingerprint density at radius 3 is 2.16 bits per heavy atom. The van der Waals surface area contributed by atoms with E-state index >= 15 is 0 Å². The summed E-state index contributed by atoms with van der Waals surface area (Å²) in [5.41, 5.74) is -2.55. The highest BCUT2D eigenvalue weighted by Crippen LogP contribution is 2.40. The molecule has 4 nitrogen and oxygen atoms in total. The van der Waals surface area contributed by atoms with Crippen LogP contribution in [0.5, 0.6) is 11.6 Å². The van der Waals surface area contributed by atoms with Gasteiger partial charge in [0.05, 0.1) is 7.11 Å². The largest absolute Gasteiger partial charge is 0.574 e. The van der Waals surface area contributed by atoms with Gasteiger partial charge in [-0.3, -0.25) is 4.79 Å². The Hall–Kier alpha value is -2.00. The number of halogens is 6. The molecule has 0 saturated heterocycles. The van der Waals surface area contributed by atoms with E-state index in [4.69, 9.17) is 0 Å². The quantitative estimate of drug-likeness (QED) is 0.634. The SMILES string of the molecule is COc1c(C(F)(F)F)cnc(OC(F)(F)F)c1C=O. The van der Waals surface area contributed by atoms with Crippen LogP contribution in [0.4, 0.5) is 26.3 Å². The summed E-state index contributed by atoms with van der Waals surface area (Å²) in [5, 5.41) is 0. The van der Waals surface area contributed by atoms with Crippen LogP contribution in [0.1, 0.15) is 15.9 Å². The third-order valence-corrected chi connectivity index (χ3v) is 1.87. The Labute approximate surface area is 101 Å². The molecule has 0 N–H and O–H groups in total. The number of aromatic nitrogens is 1. The zero-order valence-corrected chi connectivity index (χ0v) is 9.09. The van der Waals surface area contributed by atoms with Crippen molar-refractivity contribution in [2.45, 2.75) is 12.5 Å². The van der Waals surface area contributed by atoms with E-state index < -0.39 is 35.3 Å². The van der Waals surface area contributed by atoms with Crippen molar-refractivity contribution in [3.8, 4) is 11.6 Å². The van der Waals surface area contributed by atoms with E-state index in [1.54, 1.807) is 0 Å². The number of hydrogen-bond donors (Lipinski definition) is 0. The molecule has 0 aromatic carbocycles. The Balaban J connectivity index is 3.43. The van der Waals surface area contributed by atoms with Gasteiger partial charge in [-0.25, -0.2) is 4.98 Å². The molecule has 0 radical (unpaired) electrons. The van der Waals surface area contributed by atoms with Gasteiger partial charge in [-0.05, 0) is 0 Å². The van der Waals surface area contributed by atoms with E-state index in [2.05, 4.69) is 14.5 Å². The molecule has 0 aliphatic carbocycles. The summed E-state index contributed by atoms with van der Waals surface area (Å²) in [4.78, 5) is 13.5. The van der Waals surface area contributed by atoms with Crippen LogP contribution < -0.4 is 9.47 Å². The molecule has 10 heteroatoms. The average Bonchev–Trinajstić information content (AvgIpc) is 2.24. The highest BCUT2D eigenvalue weighted by atomic mass is 19.4. The van der Waals surface area contributed by atoms with Gasteiger partial charge < -0.3 is 9.47 Å². The predicted molar refractivity (Wildman–Crippen MR) is 47.9 cm³/mol. The summed E-state index contributed by atoms with van der Waals surface area (Å²) in [7, 11) is 0.773. The molecule has 1 aromatic rings. The Bertz CT molecular complexity index is 482. The fraction of sp³-hybridized carbons (Fsp3) is 0.333. The first-order valence-corrected chi connectivity index (χ1v) is 4.45. The topological polar surface area (TPSA) is 48.4 Å². The molecule has 0 aliphatic rings. The third-order valence-electron chi connectivity index (χ3n) is 1.87. The lowest BCUT2D eigenvalue weighted by Gasteiger charge is -2.16. The molecule has 0 spiro atoms. The highest BCUT2D eigenvalue weighted by Gasteiger charge is 2.39. The number of nitrogens with zero attached hydrogens (tertiary/aromatic N) is 1. The molecule has 1 heterocycles. The molecule has 0 unspecified atom stereocenters. The summed E-state index contributed by atoms with van der Waals surface area (Å²) in [5.74, 6) is -2.40. The van der Waals surface area contributed by atoms with Crippen molar-refractivity contribution in [1.29, 1.82) is 0 Å². The van der Waals surface area contributed by atoms with Gasteiger partial charge in [0.1, 0.15) is 16.9 Å². The van der Waals surface area contributed by atoms with Gasteiger partial charge in [-0.1, -0.05) is 0 Å². The van der Waals surface area contributed by atoms with Gasteiger partial charge in [0.25, 0.3) is 0 Å². The third kappa shape index (κ3) is 3.48. The number of ether oxygens (including phenoxy) is 2. The lowest BCUT2D eigenvalue weighted by atomic mass is 10.1. The van der Waals surface area contributed by atoms with Crippen LogP contribution in [0, 0.1) is 0 Å². The van der Waals surface area contributed by atoms with Crippen molar-refractivity contribution in [2.24, 2.45) is 0 Å². The minimum absolute atomic E-state index is 0.0902. The van der Waals surface area contributed by atoms with E-state index in [0.717, 1.165) is 7.11 Å². The summed E-state index contributed by atoms with van der Waals surface area (Å²) in [6.45, 7) is 0. The lowest BCUT2D eigenvalue weighted by molar-refractivity contribution is -0.276. The summed E-state index contributed by atoms with van der Waals surface area (Å²) >= 11 is 0. The van der Waals surface area contributed by atoms with Crippen LogP contribution in [0.3, 0.4) is 0 Å². The number of methoxy groups -OCH3 is 1. The minimum atomic E-state index is -5.20. The molecular formula is C9H5F6NO3. The van der Waals surface area contributed by atoms with Gasteiger partial charge >= 0.3 is 12.5 Å². The summed E-state index contributed by atoms with van der Waals surface area (Å²) < 4.78 is 81.2. The van der Waals surface area contributed by atoms with Crippen molar-refractivity contribution in [3.05, 3.63) is 17.3 Å². The molecule has 0 atom stereocenters. The number of pyridine rings is 1. The standard InChI is InChI=1S/C9H5F6NO3/c1-18-6-4(3-17)7(19-9(13,14)15)16-2-5(6)8(10,11)12/h2-3H,1H3. The summed E-state index contributed by atoms with van der Waals surface area (Å²) in [6, 6.07) is 0. The lowest BCUT2D eigenvalue weighted by Crippen LogP contribution is -2.20. The van der Waals surface area contributed by atoms with Crippen molar-refractivity contribution in [3.63, 3.8) is 0 Å². The Morgan fingerprint density at radius 2 is 1.79 bits per heavy atom. The van der Waals surface area contributed by atoms with Crippen molar-refractivity contribution < 1.29 is 40.6 Å². The number of carbonyl (C=O) groups is 1. The maximum absolute atomic E-state index is 12.5. The molecule has 0 aliphatic heterocycles. The van der Waals surface area contributed by atoms with E-state index in [9.17, 15) is 31.1 Å². The molecule has 0 saturated carbocycles. The average molecular weight is 289 g/mol. The monoisotopic (exact) mass is 289 g/mol. The van der Waals surface area contributed by atoms with E-state index in [-0.39, 0.29) is 12.5 Å². The number of hydrogen-bond acceptors (Lipinski definition) is 4. The first-order valence-electron chi connectivity index (χ1n) is 4.45. The van der Waals surface area contributed by atoms with E-state index in [1.165, 1.54) is 0 Å². The Kier molecular flexibility index (Phi) is 3.91. The highest BCUT2D eigenvalue weighted by molar-refractivity contribution is 5.83. The van der Waals surface area contributed by atoms with Gasteiger partial charge in [0.2, 0.25) is 5.88 Å². The number of carbonyl (C=O) groups excluding carboxylic acids is 1. The fourth-order valence-corrected chi connectivity index (χ4v) is 1.21. The van der Waals surface area contributed by atoms with Crippen LogP contribution in [0.2, 0.25) is 0 Å². The van der Waals surface area contributed by atoms with Crippen LogP contribution in [-0.2, 0) is 6.18 Å². The van der Waals surface area contributed by atoms with Crippen LogP contribution in [-0.4, -0.2) is 24.7 Å². The summed E-state index contributed by atoms with van der Waals surface area (Å²) in [6.07, 6.45) is -10.3. The fourth-order valence-electron chi connectivity index (χ4n) is 1.21. The first-order chi connectivity index (χ1) is 8.60. The van der Waals surface area contributed by atoms with Gasteiger partial charge in [0, 0.05) is 6.20 Å². The second kappa shape index (κ2) is 4.94. The molecular weight excluding hydrogens is 284 g/mol. The zero-order valence-electron chi connectivity index (χ0n) is 9.09. The smallest absolute Gasteiger partial charge is 0.495 e. The maximum Gasteiger partial charge on any atom is 0.574 e. The van der Waals surface area contributed by atoms with Gasteiger partial charge in [0.15, 0.2) is 6.29 Å². The molecule has 0 bridgehead atoms. The van der Waals surface area contributed by atoms with Gasteiger partial charge in [-0.2, -0.15) is 13.2 Å². The Morgan fingerprint density at radius 1 is 1.21 bits per heavy atom. The second-order valence-electron chi connectivity index (χ2n) is 3.09. The number of aldehydes is 1. The van der Waals surface area contributed by atoms with Crippen molar-refractivity contribution >= 4 is 6.29 Å². The molecule has 1 aromatic heterocycles. The predicted octanol–water partition coefficient (Wildman–Crippen LogP) is 2.82.